The predicted octanol–water partition coefficient (Wildman–Crippen LogP) is 13.7. The van der Waals surface area contributed by atoms with Gasteiger partial charge in [0.25, 0.3) is 0 Å². The number of phosphoric acid groups is 1. The molecule has 0 amide bonds. The lowest BCUT2D eigenvalue weighted by atomic mass is 10.0. The van der Waals surface area contributed by atoms with Crippen molar-refractivity contribution in [1.82, 2.24) is 5.32 Å². The molecule has 0 saturated carbocycles. The van der Waals surface area contributed by atoms with Gasteiger partial charge >= 0.3 is 19.8 Å². The van der Waals surface area contributed by atoms with E-state index in [0.29, 0.717) is 19.4 Å². The van der Waals surface area contributed by atoms with Gasteiger partial charge in [-0.1, -0.05) is 193 Å². The number of ether oxygens (including phenoxy) is 2. The molecule has 10 heteroatoms. The van der Waals surface area contributed by atoms with Crippen LogP contribution in [0.4, 0.5) is 0 Å². The molecule has 0 fully saturated rings. The summed E-state index contributed by atoms with van der Waals surface area (Å²) in [6, 6.07) is 0. The maximum absolute atomic E-state index is 12.7. The van der Waals surface area contributed by atoms with Gasteiger partial charge in [0, 0.05) is 19.4 Å². The van der Waals surface area contributed by atoms with E-state index in [2.05, 4.69) is 31.3 Å². The molecule has 0 rings (SSSR count). The average molecular weight is 816 g/mol. The van der Waals surface area contributed by atoms with Gasteiger partial charge in [0.15, 0.2) is 6.10 Å². The highest BCUT2D eigenvalue weighted by atomic mass is 31.2. The number of carbonyl (C=O) groups is 2. The Morgan fingerprint density at radius 1 is 0.536 bits per heavy atom. The molecule has 0 aromatic carbocycles. The van der Waals surface area contributed by atoms with Crippen LogP contribution in [-0.2, 0) is 32.7 Å². The Morgan fingerprint density at radius 2 is 0.911 bits per heavy atom. The normalized spacial score (nSPS) is 13.3. The van der Waals surface area contributed by atoms with E-state index in [4.69, 9.17) is 18.5 Å². The highest BCUT2D eigenvalue weighted by molar-refractivity contribution is 7.47. The number of carbonyl (C=O) groups excluding carboxylic acids is 2. The molecule has 0 aliphatic rings. The van der Waals surface area contributed by atoms with Crippen molar-refractivity contribution in [3.8, 4) is 0 Å². The van der Waals surface area contributed by atoms with Gasteiger partial charge in [-0.15, -0.1) is 0 Å². The Morgan fingerprint density at radius 3 is 1.32 bits per heavy atom. The van der Waals surface area contributed by atoms with Crippen LogP contribution >= 0.6 is 7.82 Å². The smallest absolute Gasteiger partial charge is 0.462 e. The zero-order valence-electron chi connectivity index (χ0n) is 36.9. The van der Waals surface area contributed by atoms with Gasteiger partial charge in [0.2, 0.25) is 0 Å². The first-order valence-corrected chi connectivity index (χ1v) is 25.1. The molecule has 0 aromatic rings. The Labute approximate surface area is 345 Å². The van der Waals surface area contributed by atoms with Crippen LogP contribution in [0, 0.1) is 0 Å². The first kappa shape index (κ1) is 54.8. The van der Waals surface area contributed by atoms with Crippen LogP contribution in [0.5, 0.6) is 0 Å². The Kier molecular flexibility index (Phi) is 42.4. The molecule has 9 nitrogen and oxygen atoms in total. The maximum atomic E-state index is 12.7. The molecular weight excluding hydrogens is 725 g/mol. The van der Waals surface area contributed by atoms with Crippen LogP contribution in [0.2, 0.25) is 0 Å². The number of nitrogens with one attached hydrogen (secondary N) is 1. The molecule has 0 bridgehead atoms. The highest BCUT2D eigenvalue weighted by Crippen LogP contribution is 2.43. The van der Waals surface area contributed by atoms with Crippen LogP contribution < -0.4 is 5.32 Å². The van der Waals surface area contributed by atoms with E-state index in [-0.39, 0.29) is 25.6 Å². The first-order valence-electron chi connectivity index (χ1n) is 23.6. The Balaban J connectivity index is 4.13. The van der Waals surface area contributed by atoms with Gasteiger partial charge in [-0.2, -0.15) is 0 Å². The van der Waals surface area contributed by atoms with Crippen LogP contribution in [0.1, 0.15) is 232 Å². The molecule has 2 atom stereocenters. The fourth-order valence-corrected chi connectivity index (χ4v) is 7.54. The summed E-state index contributed by atoms with van der Waals surface area (Å²) in [5.74, 6) is -0.796. The van der Waals surface area contributed by atoms with Gasteiger partial charge in [0.1, 0.15) is 6.61 Å². The van der Waals surface area contributed by atoms with Gasteiger partial charge in [0.05, 0.1) is 13.2 Å². The molecule has 0 radical (unpaired) electrons. The molecule has 56 heavy (non-hydrogen) atoms. The zero-order valence-corrected chi connectivity index (χ0v) is 37.7. The minimum Gasteiger partial charge on any atom is -0.462 e. The average Bonchev–Trinajstić information content (AvgIpc) is 3.18. The van der Waals surface area contributed by atoms with Crippen molar-refractivity contribution < 1.29 is 37.6 Å². The van der Waals surface area contributed by atoms with E-state index in [0.717, 1.165) is 38.5 Å². The standard InChI is InChI=1S/C46H90NO8P/c1-4-6-8-10-12-14-16-18-20-21-22-23-25-27-29-31-33-35-37-39-46(49)55-44(43-54-56(50,51)53-41-40-47-3)42-52-45(48)38-36-34-32-30-28-26-24-19-17-15-13-11-9-7-5-2/h18,20,44,47H,4-17,19,21-43H2,1-3H3,(H,50,51)/b20-18-. The Bertz CT molecular complexity index is 933. The van der Waals surface area contributed by atoms with Crippen molar-refractivity contribution in [2.45, 2.75) is 238 Å². The molecule has 2 unspecified atom stereocenters. The van der Waals surface area contributed by atoms with E-state index in [1.54, 1.807) is 7.05 Å². The number of esters is 2. The molecule has 0 saturated heterocycles. The SMILES string of the molecule is CCCCCCCC/C=C\CCCCCCCCCCCC(=O)OC(COC(=O)CCCCCCCCCCCCCCCCC)COP(=O)(O)OCCNC. The largest absolute Gasteiger partial charge is 0.472 e. The molecule has 332 valence electrons. The lowest BCUT2D eigenvalue weighted by molar-refractivity contribution is -0.161. The third-order valence-corrected chi connectivity index (χ3v) is 11.4. The lowest BCUT2D eigenvalue weighted by Crippen LogP contribution is -2.29. The monoisotopic (exact) mass is 816 g/mol. The Hall–Kier alpha value is -1.25. The summed E-state index contributed by atoms with van der Waals surface area (Å²) in [5, 5.41) is 2.83. The third-order valence-electron chi connectivity index (χ3n) is 10.4. The summed E-state index contributed by atoms with van der Waals surface area (Å²) in [7, 11) is -2.64. The van der Waals surface area contributed by atoms with Crippen molar-refractivity contribution in [3.05, 3.63) is 12.2 Å². The van der Waals surface area contributed by atoms with Gasteiger partial charge in [-0.25, -0.2) is 4.57 Å². The van der Waals surface area contributed by atoms with Crippen LogP contribution in [-0.4, -0.2) is 56.3 Å². The number of hydrogen-bond acceptors (Lipinski definition) is 8. The summed E-state index contributed by atoms with van der Waals surface area (Å²) in [6.45, 7) is 4.26. The van der Waals surface area contributed by atoms with E-state index in [1.807, 2.05) is 0 Å². The van der Waals surface area contributed by atoms with Crippen molar-refractivity contribution in [3.63, 3.8) is 0 Å². The fraction of sp³-hybridized carbons (Fsp3) is 0.913. The van der Waals surface area contributed by atoms with Crippen LogP contribution in [0.15, 0.2) is 12.2 Å². The number of allylic oxidation sites excluding steroid dienone is 2. The summed E-state index contributed by atoms with van der Waals surface area (Å²) in [5.41, 5.74) is 0. The van der Waals surface area contributed by atoms with Crippen molar-refractivity contribution in [2.24, 2.45) is 0 Å². The summed E-state index contributed by atoms with van der Waals surface area (Å²) in [4.78, 5) is 35.1. The number of unbranched alkanes of at least 4 members (excludes halogenated alkanes) is 29. The lowest BCUT2D eigenvalue weighted by Gasteiger charge is -2.20. The first-order chi connectivity index (χ1) is 27.3. The minimum atomic E-state index is -4.35. The minimum absolute atomic E-state index is 0.0139. The van der Waals surface area contributed by atoms with E-state index >= 15 is 0 Å². The third kappa shape index (κ3) is 42.4. The fourth-order valence-electron chi connectivity index (χ4n) is 6.78. The molecule has 0 aliphatic heterocycles. The second kappa shape index (κ2) is 43.3. The topological polar surface area (TPSA) is 120 Å². The maximum Gasteiger partial charge on any atom is 0.472 e. The van der Waals surface area contributed by atoms with Crippen molar-refractivity contribution in [1.29, 1.82) is 0 Å². The van der Waals surface area contributed by atoms with Crippen LogP contribution in [0.3, 0.4) is 0 Å². The summed E-state index contributed by atoms with van der Waals surface area (Å²) >= 11 is 0. The van der Waals surface area contributed by atoms with Gasteiger partial charge in [-0.05, 0) is 45.6 Å². The summed E-state index contributed by atoms with van der Waals surface area (Å²) < 4.78 is 33.3. The van der Waals surface area contributed by atoms with E-state index in [9.17, 15) is 19.0 Å². The summed E-state index contributed by atoms with van der Waals surface area (Å²) in [6.07, 6.45) is 43.9. The second-order valence-corrected chi connectivity index (χ2v) is 17.4. The van der Waals surface area contributed by atoms with E-state index < -0.39 is 26.5 Å². The number of rotatable bonds is 45. The molecule has 0 spiro atoms. The van der Waals surface area contributed by atoms with Crippen molar-refractivity contribution in [2.75, 3.05) is 33.4 Å². The molecule has 0 aromatic heterocycles. The zero-order chi connectivity index (χ0) is 41.1. The number of phosphoric ester groups is 1. The molecule has 2 N–H and O–H groups in total. The van der Waals surface area contributed by atoms with Gasteiger partial charge < -0.3 is 19.7 Å². The van der Waals surface area contributed by atoms with Crippen LogP contribution in [0.25, 0.3) is 0 Å². The molecule has 0 aliphatic carbocycles. The molecular formula is C46H90NO8P. The number of likely N-dealkylation sites (N-methyl/N-ethyl adjacent to an activating group) is 1. The quantitative estimate of drug-likeness (QED) is 0.0268. The molecule has 0 heterocycles. The van der Waals surface area contributed by atoms with Gasteiger partial charge in [-0.3, -0.25) is 18.6 Å². The highest BCUT2D eigenvalue weighted by Gasteiger charge is 2.26. The van der Waals surface area contributed by atoms with E-state index in [1.165, 1.54) is 161 Å². The number of hydrogen-bond donors (Lipinski definition) is 2. The predicted molar refractivity (Wildman–Crippen MR) is 234 cm³/mol. The second-order valence-electron chi connectivity index (χ2n) is 15.9. The van der Waals surface area contributed by atoms with Crippen molar-refractivity contribution >= 4 is 19.8 Å².